The largest absolute Gasteiger partial charge is 0.369 e. The van der Waals surface area contributed by atoms with Crippen LogP contribution in [-0.2, 0) is 5.41 Å². The van der Waals surface area contributed by atoms with E-state index in [9.17, 15) is 0 Å². The van der Waals surface area contributed by atoms with E-state index in [1.54, 1.807) is 0 Å². The number of nitrogens with two attached hydrogens (primary N) is 1. The number of hydrogen-bond acceptors (Lipinski definition) is 2. The fourth-order valence-corrected chi connectivity index (χ4v) is 2.93. The quantitative estimate of drug-likeness (QED) is 0.621. The van der Waals surface area contributed by atoms with Gasteiger partial charge in [0.25, 0.3) is 0 Å². The highest BCUT2D eigenvalue weighted by Crippen LogP contribution is 2.27. The van der Waals surface area contributed by atoms with E-state index in [-0.39, 0.29) is 5.41 Å². The van der Waals surface area contributed by atoms with Crippen LogP contribution in [0.25, 0.3) is 16.7 Å². The minimum Gasteiger partial charge on any atom is -0.369 e. The highest BCUT2D eigenvalue weighted by molar-refractivity contribution is 14.1. The number of hydrogen-bond donors (Lipinski definition) is 1. The second kappa shape index (κ2) is 5.02. The second-order valence-corrected chi connectivity index (χ2v) is 7.48. The van der Waals surface area contributed by atoms with Crippen molar-refractivity contribution in [2.45, 2.75) is 26.2 Å². The first-order valence-corrected chi connectivity index (χ1v) is 7.98. The van der Waals surface area contributed by atoms with Gasteiger partial charge >= 0.3 is 0 Å². The minimum atomic E-state index is 0.150. The number of imidazole rings is 1. The predicted molar refractivity (Wildman–Crippen MR) is 96.9 cm³/mol. The Morgan fingerprint density at radius 3 is 2.33 bits per heavy atom. The zero-order chi connectivity index (χ0) is 15.2. The van der Waals surface area contributed by atoms with E-state index in [1.807, 2.05) is 10.6 Å². The lowest BCUT2D eigenvalue weighted by atomic mass is 9.87. The molecule has 0 radical (unpaired) electrons. The summed E-state index contributed by atoms with van der Waals surface area (Å²) in [7, 11) is 0. The van der Waals surface area contributed by atoms with Crippen LogP contribution >= 0.6 is 22.6 Å². The van der Waals surface area contributed by atoms with Gasteiger partial charge in [-0.3, -0.25) is 4.57 Å². The van der Waals surface area contributed by atoms with Gasteiger partial charge in [-0.05, 0) is 63.9 Å². The molecular formula is C17H18IN3. The molecule has 1 heterocycles. The van der Waals surface area contributed by atoms with Crippen LogP contribution in [0.3, 0.4) is 0 Å². The van der Waals surface area contributed by atoms with Crippen LogP contribution in [0.1, 0.15) is 26.3 Å². The summed E-state index contributed by atoms with van der Waals surface area (Å²) in [6.07, 6.45) is 0. The van der Waals surface area contributed by atoms with E-state index in [2.05, 4.69) is 84.7 Å². The van der Waals surface area contributed by atoms with Gasteiger partial charge in [0, 0.05) is 9.26 Å². The van der Waals surface area contributed by atoms with Crippen LogP contribution < -0.4 is 5.73 Å². The maximum absolute atomic E-state index is 6.11. The van der Waals surface area contributed by atoms with Crippen molar-refractivity contribution in [3.8, 4) is 5.69 Å². The number of halogens is 1. The fraction of sp³-hybridized carbons (Fsp3) is 0.235. The molecule has 0 spiro atoms. The van der Waals surface area contributed by atoms with Crippen molar-refractivity contribution >= 4 is 39.6 Å². The molecule has 2 N–H and O–H groups in total. The molecule has 0 unspecified atom stereocenters. The smallest absolute Gasteiger partial charge is 0.205 e. The summed E-state index contributed by atoms with van der Waals surface area (Å²) in [5, 5.41) is 0. The highest BCUT2D eigenvalue weighted by Gasteiger charge is 2.14. The summed E-state index contributed by atoms with van der Waals surface area (Å²) in [4.78, 5) is 4.46. The van der Waals surface area contributed by atoms with E-state index >= 15 is 0 Å². The summed E-state index contributed by atoms with van der Waals surface area (Å²) in [5.74, 6) is 0.524. The number of nitrogen functional groups attached to an aromatic ring is 1. The Labute approximate surface area is 138 Å². The van der Waals surface area contributed by atoms with Crippen molar-refractivity contribution in [3.05, 3.63) is 51.6 Å². The summed E-state index contributed by atoms with van der Waals surface area (Å²) >= 11 is 2.29. The van der Waals surface area contributed by atoms with Crippen molar-refractivity contribution in [2.75, 3.05) is 5.73 Å². The average molecular weight is 391 g/mol. The lowest BCUT2D eigenvalue weighted by Gasteiger charge is -2.19. The molecule has 21 heavy (non-hydrogen) atoms. The third-order valence-corrected chi connectivity index (χ3v) is 4.30. The zero-order valence-electron chi connectivity index (χ0n) is 12.4. The van der Waals surface area contributed by atoms with E-state index < -0.39 is 0 Å². The summed E-state index contributed by atoms with van der Waals surface area (Å²) in [6, 6.07) is 14.7. The third kappa shape index (κ3) is 2.64. The van der Waals surface area contributed by atoms with Gasteiger partial charge in [0.1, 0.15) is 0 Å². The van der Waals surface area contributed by atoms with Crippen molar-refractivity contribution in [3.63, 3.8) is 0 Å². The molecule has 2 aromatic carbocycles. The lowest BCUT2D eigenvalue weighted by Crippen LogP contribution is -2.11. The number of fused-ring (bicyclic) bond motifs is 1. The topological polar surface area (TPSA) is 43.8 Å². The van der Waals surface area contributed by atoms with Crippen molar-refractivity contribution < 1.29 is 0 Å². The first kappa shape index (κ1) is 14.4. The number of benzene rings is 2. The SMILES string of the molecule is CC(C)(C)c1ccc(-n2c(N)nc3cc(I)ccc32)cc1. The molecule has 0 aliphatic rings. The van der Waals surface area contributed by atoms with Gasteiger partial charge in [-0.1, -0.05) is 32.9 Å². The molecule has 4 heteroatoms. The standard InChI is InChI=1S/C17H18IN3/c1-17(2,3)11-4-7-13(8-5-11)21-15-9-6-12(18)10-14(15)20-16(21)19/h4-10H,1-3H3,(H2,19,20). The summed E-state index contributed by atoms with van der Waals surface area (Å²) < 4.78 is 3.16. The van der Waals surface area contributed by atoms with Gasteiger partial charge in [-0.25, -0.2) is 4.98 Å². The number of nitrogens with zero attached hydrogens (tertiary/aromatic N) is 2. The Kier molecular flexibility index (Phi) is 3.43. The molecule has 0 amide bonds. The molecule has 108 valence electrons. The van der Waals surface area contributed by atoms with Gasteiger partial charge in [-0.15, -0.1) is 0 Å². The third-order valence-electron chi connectivity index (χ3n) is 3.63. The Balaban J connectivity index is 2.14. The minimum absolute atomic E-state index is 0.150. The number of rotatable bonds is 1. The Morgan fingerprint density at radius 2 is 1.71 bits per heavy atom. The molecule has 0 atom stereocenters. The molecule has 0 aliphatic heterocycles. The number of aromatic nitrogens is 2. The number of anilines is 1. The normalized spacial score (nSPS) is 12.0. The van der Waals surface area contributed by atoms with Crippen LogP contribution in [0.5, 0.6) is 0 Å². The second-order valence-electron chi connectivity index (χ2n) is 6.24. The van der Waals surface area contributed by atoms with Gasteiger partial charge in [0.05, 0.1) is 11.0 Å². The van der Waals surface area contributed by atoms with Crippen molar-refractivity contribution in [2.24, 2.45) is 0 Å². The van der Waals surface area contributed by atoms with Gasteiger partial charge in [0.15, 0.2) is 0 Å². The monoisotopic (exact) mass is 391 g/mol. The molecule has 3 nitrogen and oxygen atoms in total. The lowest BCUT2D eigenvalue weighted by molar-refractivity contribution is 0.590. The van der Waals surface area contributed by atoms with Crippen molar-refractivity contribution in [1.29, 1.82) is 0 Å². The molecule has 1 aromatic heterocycles. The summed E-state index contributed by atoms with van der Waals surface area (Å²) in [5.41, 5.74) is 10.6. The van der Waals surface area contributed by atoms with E-state index in [4.69, 9.17) is 5.73 Å². The van der Waals surface area contributed by atoms with Gasteiger partial charge in [0.2, 0.25) is 5.95 Å². The van der Waals surface area contributed by atoms with Crippen molar-refractivity contribution in [1.82, 2.24) is 9.55 Å². The van der Waals surface area contributed by atoms with E-state index in [0.717, 1.165) is 20.3 Å². The Morgan fingerprint density at radius 1 is 1.05 bits per heavy atom. The fourth-order valence-electron chi connectivity index (χ4n) is 2.45. The molecule has 3 rings (SSSR count). The Hall–Kier alpha value is -1.56. The van der Waals surface area contributed by atoms with E-state index in [0.29, 0.717) is 5.95 Å². The average Bonchev–Trinajstić information content (AvgIpc) is 2.73. The van der Waals surface area contributed by atoms with Gasteiger partial charge in [-0.2, -0.15) is 0 Å². The first-order chi connectivity index (χ1) is 9.86. The molecule has 0 saturated heterocycles. The van der Waals surface area contributed by atoms with Crippen LogP contribution in [0, 0.1) is 3.57 Å². The van der Waals surface area contributed by atoms with Crippen LogP contribution in [0.15, 0.2) is 42.5 Å². The maximum Gasteiger partial charge on any atom is 0.205 e. The maximum atomic E-state index is 6.11. The highest BCUT2D eigenvalue weighted by atomic mass is 127. The predicted octanol–water partition coefficient (Wildman–Crippen LogP) is 4.51. The zero-order valence-corrected chi connectivity index (χ0v) is 14.5. The van der Waals surface area contributed by atoms with Crippen LogP contribution in [-0.4, -0.2) is 9.55 Å². The van der Waals surface area contributed by atoms with Crippen LogP contribution in [0.2, 0.25) is 0 Å². The molecule has 0 saturated carbocycles. The molecule has 0 bridgehead atoms. The summed E-state index contributed by atoms with van der Waals surface area (Å²) in [6.45, 7) is 6.64. The Bertz CT molecular complexity index is 795. The molecule has 0 fully saturated rings. The molecular weight excluding hydrogens is 373 g/mol. The van der Waals surface area contributed by atoms with E-state index in [1.165, 1.54) is 5.56 Å². The molecule has 0 aliphatic carbocycles. The molecule has 3 aromatic rings. The van der Waals surface area contributed by atoms with Gasteiger partial charge < -0.3 is 5.73 Å². The van der Waals surface area contributed by atoms with Crippen LogP contribution in [0.4, 0.5) is 5.95 Å². The first-order valence-electron chi connectivity index (χ1n) is 6.91.